The summed E-state index contributed by atoms with van der Waals surface area (Å²) >= 11 is 0. The molecular weight excluding hydrogens is 190 g/mol. The predicted molar refractivity (Wildman–Crippen MR) is 51.4 cm³/mol. The van der Waals surface area contributed by atoms with Crippen molar-refractivity contribution in [2.24, 2.45) is 5.73 Å². The van der Waals surface area contributed by atoms with Gasteiger partial charge in [-0.25, -0.2) is 4.72 Å². The van der Waals surface area contributed by atoms with Gasteiger partial charge in [0.15, 0.2) is 0 Å². The molecule has 0 unspecified atom stereocenters. The fraction of sp³-hybridized carbons (Fsp3) is 1.00. The molecule has 0 aromatic carbocycles. The van der Waals surface area contributed by atoms with E-state index in [1.165, 1.54) is 4.31 Å². The van der Waals surface area contributed by atoms with Crippen molar-refractivity contribution in [1.29, 1.82) is 0 Å². The van der Waals surface area contributed by atoms with Crippen LogP contribution in [0.4, 0.5) is 0 Å². The minimum absolute atomic E-state index is 0.346. The second-order valence-corrected chi connectivity index (χ2v) is 5.58. The van der Waals surface area contributed by atoms with Crippen LogP contribution < -0.4 is 10.5 Å². The highest BCUT2D eigenvalue weighted by atomic mass is 32.2. The maximum Gasteiger partial charge on any atom is 0.279 e. The normalized spacial score (nSPS) is 22.7. The van der Waals surface area contributed by atoms with Crippen molar-refractivity contribution in [1.82, 2.24) is 9.03 Å². The predicted octanol–water partition coefficient (Wildman–Crippen LogP) is -0.736. The van der Waals surface area contributed by atoms with Gasteiger partial charge in [-0.05, 0) is 13.3 Å². The van der Waals surface area contributed by atoms with Crippen LogP contribution >= 0.6 is 0 Å². The molecule has 0 saturated carbocycles. The molecule has 5 nitrogen and oxygen atoms in total. The van der Waals surface area contributed by atoms with Crippen LogP contribution in [-0.2, 0) is 10.2 Å². The van der Waals surface area contributed by atoms with Crippen molar-refractivity contribution in [3.05, 3.63) is 0 Å². The first-order chi connectivity index (χ1) is 5.87. The van der Waals surface area contributed by atoms with Gasteiger partial charge < -0.3 is 5.73 Å². The van der Waals surface area contributed by atoms with E-state index in [1.807, 2.05) is 13.8 Å². The molecule has 6 heteroatoms. The quantitative estimate of drug-likeness (QED) is 0.638. The molecule has 1 heterocycles. The topological polar surface area (TPSA) is 75.4 Å². The molecule has 0 aliphatic carbocycles. The number of nitrogens with zero attached hydrogens (tertiary/aromatic N) is 1. The minimum Gasteiger partial charge on any atom is -0.323 e. The highest BCUT2D eigenvalue weighted by Gasteiger charge is 2.41. The summed E-state index contributed by atoms with van der Waals surface area (Å²) in [6.45, 7) is 5.07. The Morgan fingerprint density at radius 2 is 2.08 bits per heavy atom. The summed E-state index contributed by atoms with van der Waals surface area (Å²) in [5.74, 6) is 0. The largest absolute Gasteiger partial charge is 0.323 e. The molecule has 0 bridgehead atoms. The van der Waals surface area contributed by atoms with Gasteiger partial charge in [0.2, 0.25) is 0 Å². The zero-order valence-corrected chi connectivity index (χ0v) is 8.89. The van der Waals surface area contributed by atoms with Gasteiger partial charge >= 0.3 is 0 Å². The Morgan fingerprint density at radius 3 is 2.46 bits per heavy atom. The monoisotopic (exact) mass is 207 g/mol. The molecule has 0 amide bonds. The van der Waals surface area contributed by atoms with Gasteiger partial charge in [-0.15, -0.1) is 0 Å². The van der Waals surface area contributed by atoms with E-state index >= 15 is 0 Å². The van der Waals surface area contributed by atoms with Gasteiger partial charge in [-0.1, -0.05) is 6.92 Å². The molecule has 78 valence electrons. The van der Waals surface area contributed by atoms with Crippen LogP contribution in [0.2, 0.25) is 0 Å². The van der Waals surface area contributed by atoms with Gasteiger partial charge in [-0.2, -0.15) is 12.7 Å². The van der Waals surface area contributed by atoms with Gasteiger partial charge in [0, 0.05) is 25.2 Å². The molecule has 0 aromatic heterocycles. The number of nitrogens with one attached hydrogen (secondary N) is 1. The Hall–Kier alpha value is -0.170. The lowest BCUT2D eigenvalue weighted by Crippen LogP contribution is -2.68. The average molecular weight is 207 g/mol. The van der Waals surface area contributed by atoms with Crippen molar-refractivity contribution in [2.45, 2.75) is 25.8 Å². The Bertz CT molecular complexity index is 265. The third kappa shape index (κ3) is 2.63. The summed E-state index contributed by atoms with van der Waals surface area (Å²) in [7, 11) is -3.25. The maximum absolute atomic E-state index is 11.4. The van der Waals surface area contributed by atoms with Crippen LogP contribution in [0.5, 0.6) is 0 Å². The second kappa shape index (κ2) is 3.53. The van der Waals surface area contributed by atoms with Gasteiger partial charge in [0.25, 0.3) is 10.2 Å². The van der Waals surface area contributed by atoms with Crippen LogP contribution in [0.15, 0.2) is 0 Å². The van der Waals surface area contributed by atoms with E-state index in [4.69, 9.17) is 5.73 Å². The summed E-state index contributed by atoms with van der Waals surface area (Å²) in [4.78, 5) is 0. The Balaban J connectivity index is 2.45. The van der Waals surface area contributed by atoms with Crippen molar-refractivity contribution >= 4 is 10.2 Å². The van der Waals surface area contributed by atoms with E-state index in [2.05, 4.69) is 4.72 Å². The van der Waals surface area contributed by atoms with E-state index in [-0.39, 0.29) is 5.54 Å². The zero-order chi connectivity index (χ0) is 10.1. The van der Waals surface area contributed by atoms with E-state index in [0.29, 0.717) is 19.6 Å². The molecule has 0 radical (unpaired) electrons. The number of nitrogens with two attached hydrogens (primary N) is 1. The lowest BCUT2D eigenvalue weighted by atomic mass is 9.97. The lowest BCUT2D eigenvalue weighted by molar-refractivity contribution is 0.174. The van der Waals surface area contributed by atoms with Crippen LogP contribution in [0.3, 0.4) is 0 Å². The molecule has 1 saturated heterocycles. The summed E-state index contributed by atoms with van der Waals surface area (Å²) in [5, 5.41) is 0. The third-order valence-corrected chi connectivity index (χ3v) is 3.46. The van der Waals surface area contributed by atoms with Gasteiger partial charge in [-0.3, -0.25) is 0 Å². The first kappa shape index (κ1) is 10.9. The standard InChI is InChI=1S/C7H17N3O2S/c1-3-4-9-13(11,12)10-5-7(2,8)6-10/h9H,3-6,8H2,1-2H3. The van der Waals surface area contributed by atoms with Crippen molar-refractivity contribution < 1.29 is 8.42 Å². The van der Waals surface area contributed by atoms with Crippen molar-refractivity contribution in [3.8, 4) is 0 Å². The summed E-state index contributed by atoms with van der Waals surface area (Å²) in [6, 6.07) is 0. The van der Waals surface area contributed by atoms with E-state index in [0.717, 1.165) is 6.42 Å². The Labute approximate surface area is 79.5 Å². The molecule has 0 spiro atoms. The Morgan fingerprint density at radius 1 is 1.54 bits per heavy atom. The van der Waals surface area contributed by atoms with E-state index in [9.17, 15) is 8.42 Å². The average Bonchev–Trinajstić information content (AvgIpc) is 1.96. The molecular formula is C7H17N3O2S. The molecule has 0 atom stereocenters. The smallest absolute Gasteiger partial charge is 0.279 e. The van der Waals surface area contributed by atoms with Crippen LogP contribution in [0.1, 0.15) is 20.3 Å². The third-order valence-electron chi connectivity index (χ3n) is 1.95. The Kier molecular flexibility index (Phi) is 2.96. The first-order valence-corrected chi connectivity index (χ1v) is 5.85. The number of hydrogen-bond acceptors (Lipinski definition) is 3. The zero-order valence-electron chi connectivity index (χ0n) is 8.08. The molecule has 3 N–H and O–H groups in total. The molecule has 1 aliphatic rings. The lowest BCUT2D eigenvalue weighted by Gasteiger charge is -2.43. The fourth-order valence-electron chi connectivity index (χ4n) is 1.25. The van der Waals surface area contributed by atoms with Crippen molar-refractivity contribution in [2.75, 3.05) is 19.6 Å². The molecule has 0 aromatic rings. The SMILES string of the molecule is CCCNS(=O)(=O)N1CC(C)(N)C1. The summed E-state index contributed by atoms with van der Waals surface area (Å²) in [5.41, 5.74) is 5.36. The second-order valence-electron chi connectivity index (χ2n) is 3.82. The number of hydrogen-bond donors (Lipinski definition) is 2. The molecule has 1 aliphatic heterocycles. The van der Waals surface area contributed by atoms with Crippen LogP contribution in [0.25, 0.3) is 0 Å². The minimum atomic E-state index is -3.25. The maximum atomic E-state index is 11.4. The van der Waals surface area contributed by atoms with Gasteiger partial charge in [0.1, 0.15) is 0 Å². The van der Waals surface area contributed by atoms with E-state index in [1.54, 1.807) is 0 Å². The van der Waals surface area contributed by atoms with E-state index < -0.39 is 10.2 Å². The number of rotatable bonds is 4. The van der Waals surface area contributed by atoms with Crippen molar-refractivity contribution in [3.63, 3.8) is 0 Å². The van der Waals surface area contributed by atoms with Gasteiger partial charge in [0.05, 0.1) is 0 Å². The highest BCUT2D eigenvalue weighted by molar-refractivity contribution is 7.87. The molecule has 1 fully saturated rings. The molecule has 13 heavy (non-hydrogen) atoms. The summed E-state index contributed by atoms with van der Waals surface area (Å²) in [6.07, 6.45) is 0.799. The summed E-state index contributed by atoms with van der Waals surface area (Å²) < 4.78 is 26.7. The first-order valence-electron chi connectivity index (χ1n) is 4.41. The highest BCUT2D eigenvalue weighted by Crippen LogP contribution is 2.19. The molecule has 1 rings (SSSR count). The fourth-order valence-corrected chi connectivity index (χ4v) is 2.83. The van der Waals surface area contributed by atoms with Crippen LogP contribution in [-0.4, -0.2) is 37.9 Å². The van der Waals surface area contributed by atoms with Crippen LogP contribution in [0, 0.1) is 0 Å².